The predicted octanol–water partition coefficient (Wildman–Crippen LogP) is 1.55. The maximum absolute atomic E-state index is 5.24. The van der Waals surface area contributed by atoms with E-state index in [1.54, 1.807) is 7.11 Å². The lowest BCUT2D eigenvalue weighted by Gasteiger charge is -2.09. The second-order valence-corrected chi connectivity index (χ2v) is 4.20. The number of hydrogen-bond acceptors (Lipinski definition) is 3. The fraction of sp³-hybridized carbons (Fsp3) is 0.583. The molecule has 0 amide bonds. The highest BCUT2D eigenvalue weighted by Gasteiger charge is 2.15. The molecule has 0 bridgehead atoms. The van der Waals surface area contributed by atoms with Crippen molar-refractivity contribution >= 4 is 0 Å². The van der Waals surface area contributed by atoms with Crippen LogP contribution in [0, 0.1) is 12.8 Å². The molecule has 1 unspecified atom stereocenters. The van der Waals surface area contributed by atoms with Gasteiger partial charge >= 0.3 is 0 Å². The van der Waals surface area contributed by atoms with Crippen molar-refractivity contribution in [3.05, 3.63) is 23.5 Å². The van der Waals surface area contributed by atoms with Gasteiger partial charge in [0.2, 0.25) is 0 Å². The number of methoxy groups -OCH3 is 1. The summed E-state index contributed by atoms with van der Waals surface area (Å²) in [6.45, 7) is 4.28. The van der Waals surface area contributed by atoms with Crippen LogP contribution < -0.4 is 10.1 Å². The van der Waals surface area contributed by atoms with Crippen molar-refractivity contribution in [2.45, 2.75) is 19.8 Å². The molecule has 3 nitrogen and oxygen atoms in total. The Morgan fingerprint density at radius 1 is 1.53 bits per heavy atom. The molecule has 0 spiro atoms. The Balaban J connectivity index is 2.09. The van der Waals surface area contributed by atoms with E-state index in [4.69, 9.17) is 4.74 Å². The van der Waals surface area contributed by atoms with E-state index >= 15 is 0 Å². The summed E-state index contributed by atoms with van der Waals surface area (Å²) >= 11 is 0. The topological polar surface area (TPSA) is 34.1 Å². The Kier molecular flexibility index (Phi) is 3.21. The van der Waals surface area contributed by atoms with E-state index in [1.807, 2.05) is 19.1 Å². The maximum atomic E-state index is 5.24. The third-order valence-electron chi connectivity index (χ3n) is 2.88. The summed E-state index contributed by atoms with van der Waals surface area (Å²) in [5.41, 5.74) is 2.19. The third-order valence-corrected chi connectivity index (χ3v) is 2.88. The monoisotopic (exact) mass is 206 g/mol. The van der Waals surface area contributed by atoms with Gasteiger partial charge in [0.1, 0.15) is 5.75 Å². The van der Waals surface area contributed by atoms with Crippen molar-refractivity contribution in [2.75, 3.05) is 20.2 Å². The van der Waals surface area contributed by atoms with E-state index in [1.165, 1.54) is 6.42 Å². The van der Waals surface area contributed by atoms with Crippen LogP contribution in [-0.4, -0.2) is 25.2 Å². The van der Waals surface area contributed by atoms with Crippen molar-refractivity contribution in [1.82, 2.24) is 10.3 Å². The highest BCUT2D eigenvalue weighted by atomic mass is 16.5. The summed E-state index contributed by atoms with van der Waals surface area (Å²) in [6, 6.07) is 4.02. The normalized spacial score (nSPS) is 20.5. The molecule has 0 aromatic carbocycles. The van der Waals surface area contributed by atoms with Gasteiger partial charge in [0.25, 0.3) is 0 Å². The average molecular weight is 206 g/mol. The van der Waals surface area contributed by atoms with Crippen molar-refractivity contribution in [3.8, 4) is 5.75 Å². The smallest absolute Gasteiger partial charge is 0.122 e. The highest BCUT2D eigenvalue weighted by Crippen LogP contribution is 2.18. The molecule has 1 aromatic heterocycles. The van der Waals surface area contributed by atoms with E-state index in [0.717, 1.165) is 42.6 Å². The number of aromatic nitrogens is 1. The molecule has 1 aromatic rings. The quantitative estimate of drug-likeness (QED) is 0.814. The highest BCUT2D eigenvalue weighted by molar-refractivity contribution is 5.26. The molecule has 1 N–H and O–H groups in total. The van der Waals surface area contributed by atoms with Gasteiger partial charge in [-0.2, -0.15) is 0 Å². The molecule has 3 heteroatoms. The first-order valence-electron chi connectivity index (χ1n) is 5.50. The van der Waals surface area contributed by atoms with Gasteiger partial charge in [0.15, 0.2) is 0 Å². The van der Waals surface area contributed by atoms with Crippen molar-refractivity contribution in [2.24, 2.45) is 5.92 Å². The van der Waals surface area contributed by atoms with Crippen molar-refractivity contribution < 1.29 is 4.74 Å². The minimum absolute atomic E-state index is 0.740. The minimum atomic E-state index is 0.740. The summed E-state index contributed by atoms with van der Waals surface area (Å²) in [5, 5.41) is 3.38. The molecule has 1 fully saturated rings. The zero-order valence-electron chi connectivity index (χ0n) is 9.42. The molecular weight excluding hydrogens is 188 g/mol. The standard InChI is InChI=1S/C12H18N2O/c1-9-5-12(15-2)7-11(14-9)6-10-3-4-13-8-10/h5,7,10,13H,3-4,6,8H2,1-2H3. The molecule has 1 aliphatic rings. The largest absolute Gasteiger partial charge is 0.497 e. The second kappa shape index (κ2) is 4.62. The molecule has 15 heavy (non-hydrogen) atoms. The van der Waals surface area contributed by atoms with Gasteiger partial charge in [0, 0.05) is 23.5 Å². The number of aryl methyl sites for hydroxylation is 1. The van der Waals surface area contributed by atoms with Crippen LogP contribution in [0.15, 0.2) is 12.1 Å². The van der Waals surface area contributed by atoms with Gasteiger partial charge in [-0.3, -0.25) is 4.98 Å². The summed E-state index contributed by atoms with van der Waals surface area (Å²) in [5.74, 6) is 1.66. The van der Waals surface area contributed by atoms with Crippen LogP contribution in [0.5, 0.6) is 5.75 Å². The molecule has 82 valence electrons. The fourth-order valence-electron chi connectivity index (χ4n) is 2.11. The predicted molar refractivity (Wildman–Crippen MR) is 60.2 cm³/mol. The van der Waals surface area contributed by atoms with Crippen LogP contribution >= 0.6 is 0 Å². The van der Waals surface area contributed by atoms with Crippen LogP contribution in [0.3, 0.4) is 0 Å². The van der Waals surface area contributed by atoms with Gasteiger partial charge < -0.3 is 10.1 Å². The lowest BCUT2D eigenvalue weighted by atomic mass is 10.0. The van der Waals surface area contributed by atoms with E-state index in [9.17, 15) is 0 Å². The second-order valence-electron chi connectivity index (χ2n) is 4.20. The summed E-state index contributed by atoms with van der Waals surface area (Å²) < 4.78 is 5.24. The number of hydrogen-bond donors (Lipinski definition) is 1. The van der Waals surface area contributed by atoms with E-state index in [-0.39, 0.29) is 0 Å². The molecule has 1 saturated heterocycles. The molecule has 2 heterocycles. The first-order chi connectivity index (χ1) is 7.28. The number of ether oxygens (including phenoxy) is 1. The lowest BCUT2D eigenvalue weighted by molar-refractivity contribution is 0.412. The third kappa shape index (κ3) is 2.69. The van der Waals surface area contributed by atoms with Crippen LogP contribution in [0.2, 0.25) is 0 Å². The van der Waals surface area contributed by atoms with E-state index in [0.29, 0.717) is 0 Å². The average Bonchev–Trinajstić information content (AvgIpc) is 2.69. The van der Waals surface area contributed by atoms with Gasteiger partial charge in [-0.25, -0.2) is 0 Å². The summed E-state index contributed by atoms with van der Waals surface area (Å²) in [4.78, 5) is 4.54. The van der Waals surface area contributed by atoms with E-state index in [2.05, 4.69) is 10.3 Å². The van der Waals surface area contributed by atoms with Crippen molar-refractivity contribution in [1.29, 1.82) is 0 Å². The summed E-state index contributed by atoms with van der Waals surface area (Å²) in [7, 11) is 1.70. The van der Waals surface area contributed by atoms with Crippen LogP contribution in [-0.2, 0) is 6.42 Å². The molecule has 0 aliphatic carbocycles. The molecule has 1 atom stereocenters. The fourth-order valence-corrected chi connectivity index (χ4v) is 2.11. The Labute approximate surface area is 90.9 Å². The minimum Gasteiger partial charge on any atom is -0.497 e. The molecule has 2 rings (SSSR count). The Hall–Kier alpha value is -1.09. The van der Waals surface area contributed by atoms with E-state index < -0.39 is 0 Å². The number of nitrogens with one attached hydrogen (secondary N) is 1. The Morgan fingerprint density at radius 2 is 2.40 bits per heavy atom. The zero-order chi connectivity index (χ0) is 10.7. The molecule has 0 saturated carbocycles. The number of pyridine rings is 1. The molecular formula is C12H18N2O. The zero-order valence-corrected chi connectivity index (χ0v) is 9.42. The van der Waals surface area contributed by atoms with Gasteiger partial charge in [-0.1, -0.05) is 0 Å². The van der Waals surface area contributed by atoms with Crippen LogP contribution in [0.4, 0.5) is 0 Å². The van der Waals surface area contributed by atoms with Gasteiger partial charge in [0.05, 0.1) is 7.11 Å². The van der Waals surface area contributed by atoms with Crippen molar-refractivity contribution in [3.63, 3.8) is 0 Å². The number of nitrogens with zero attached hydrogens (tertiary/aromatic N) is 1. The van der Waals surface area contributed by atoms with Crippen LogP contribution in [0.25, 0.3) is 0 Å². The lowest BCUT2D eigenvalue weighted by Crippen LogP contribution is -2.11. The number of rotatable bonds is 3. The Morgan fingerprint density at radius 3 is 3.07 bits per heavy atom. The first kappa shape index (κ1) is 10.4. The van der Waals surface area contributed by atoms with Crippen LogP contribution in [0.1, 0.15) is 17.8 Å². The Bertz CT molecular complexity index is 332. The SMILES string of the molecule is COc1cc(C)nc(CC2CCNC2)c1. The first-order valence-corrected chi connectivity index (χ1v) is 5.50. The van der Waals surface area contributed by atoms with Gasteiger partial charge in [-0.05, 0) is 38.8 Å². The summed E-state index contributed by atoms with van der Waals surface area (Å²) in [6.07, 6.45) is 2.32. The maximum Gasteiger partial charge on any atom is 0.122 e. The molecule has 1 aliphatic heterocycles. The van der Waals surface area contributed by atoms with Gasteiger partial charge in [-0.15, -0.1) is 0 Å². The molecule has 0 radical (unpaired) electrons.